The van der Waals surface area contributed by atoms with Crippen LogP contribution >= 0.6 is 0 Å². The molecule has 0 aromatic rings. The lowest BCUT2D eigenvalue weighted by molar-refractivity contribution is 0.111. The van der Waals surface area contributed by atoms with Gasteiger partial charge in [0.2, 0.25) is 0 Å². The minimum absolute atomic E-state index is 0.152. The highest BCUT2D eigenvalue weighted by Crippen LogP contribution is 2.40. The predicted molar refractivity (Wildman–Crippen MR) is 80.4 cm³/mol. The topological polar surface area (TPSA) is 104 Å². The van der Waals surface area contributed by atoms with E-state index in [-0.39, 0.29) is 6.04 Å². The van der Waals surface area contributed by atoms with Gasteiger partial charge in [0.25, 0.3) is 0 Å². The summed E-state index contributed by atoms with van der Waals surface area (Å²) >= 11 is 0. The van der Waals surface area contributed by atoms with Crippen LogP contribution in [0.2, 0.25) is 0 Å². The highest BCUT2D eigenvalue weighted by Gasteiger charge is 2.36. The van der Waals surface area contributed by atoms with E-state index in [0.29, 0.717) is 24.5 Å². The molecule has 0 spiro atoms. The molecule has 0 radical (unpaired) electrons. The average Bonchev–Trinajstić information content (AvgIpc) is 2.43. The van der Waals surface area contributed by atoms with E-state index < -0.39 is 0 Å². The van der Waals surface area contributed by atoms with Gasteiger partial charge in [0.15, 0.2) is 0 Å². The third-order valence-corrected chi connectivity index (χ3v) is 5.49. The monoisotopic (exact) mass is 268 g/mol. The maximum absolute atomic E-state index is 6.36. The molecule has 4 heteroatoms. The largest absolute Gasteiger partial charge is 0.329 e. The van der Waals surface area contributed by atoms with Gasteiger partial charge in [0, 0.05) is 24.7 Å². The summed E-state index contributed by atoms with van der Waals surface area (Å²) in [6.07, 6.45) is 9.58. The molecule has 2 rings (SSSR count). The Kier molecular flexibility index (Phi) is 5.63. The minimum Gasteiger partial charge on any atom is -0.329 e. The summed E-state index contributed by atoms with van der Waals surface area (Å²) in [4.78, 5) is 0. The van der Waals surface area contributed by atoms with Gasteiger partial charge < -0.3 is 22.9 Å². The maximum atomic E-state index is 6.36. The highest BCUT2D eigenvalue weighted by molar-refractivity contribution is 4.91. The fraction of sp³-hybridized carbons (Fsp3) is 1.00. The fourth-order valence-corrected chi connectivity index (χ4v) is 4.30. The molecule has 0 amide bonds. The standard InChI is InChI=1S/C15H32N4/c16-9-14(19)15(10-1-5-12(17)6-2-10)11-3-7-13(18)8-4-11/h10-15H,1-9,16-19H2. The van der Waals surface area contributed by atoms with E-state index in [1.165, 1.54) is 25.7 Å². The van der Waals surface area contributed by atoms with E-state index in [9.17, 15) is 0 Å². The first-order valence-corrected chi connectivity index (χ1v) is 8.08. The molecule has 0 bridgehead atoms. The summed E-state index contributed by atoms with van der Waals surface area (Å²) in [5.41, 5.74) is 24.3. The van der Waals surface area contributed by atoms with Crippen LogP contribution < -0.4 is 22.9 Å². The smallest absolute Gasteiger partial charge is 0.0197 e. The number of hydrogen-bond donors (Lipinski definition) is 4. The molecule has 2 saturated carbocycles. The third-order valence-electron chi connectivity index (χ3n) is 5.49. The zero-order valence-electron chi connectivity index (χ0n) is 12.1. The van der Waals surface area contributed by atoms with Crippen LogP contribution in [-0.2, 0) is 0 Å². The van der Waals surface area contributed by atoms with Crippen molar-refractivity contribution in [1.82, 2.24) is 0 Å². The SMILES string of the molecule is NCC(N)C(C1CCC(N)CC1)C1CCC(N)CC1. The van der Waals surface area contributed by atoms with Crippen LogP contribution in [0.1, 0.15) is 51.4 Å². The molecule has 19 heavy (non-hydrogen) atoms. The van der Waals surface area contributed by atoms with E-state index in [2.05, 4.69) is 0 Å². The third kappa shape index (κ3) is 3.91. The number of nitrogens with two attached hydrogens (primary N) is 4. The summed E-state index contributed by atoms with van der Waals surface area (Å²) in [5, 5.41) is 0. The van der Waals surface area contributed by atoms with Crippen molar-refractivity contribution in [2.24, 2.45) is 40.7 Å². The fourth-order valence-electron chi connectivity index (χ4n) is 4.30. The molecule has 2 fully saturated rings. The zero-order chi connectivity index (χ0) is 13.8. The number of hydrogen-bond acceptors (Lipinski definition) is 4. The molecule has 1 atom stereocenters. The van der Waals surface area contributed by atoms with Crippen molar-refractivity contribution >= 4 is 0 Å². The van der Waals surface area contributed by atoms with Gasteiger partial charge in [-0.3, -0.25) is 0 Å². The van der Waals surface area contributed by atoms with Crippen molar-refractivity contribution < 1.29 is 0 Å². The van der Waals surface area contributed by atoms with Gasteiger partial charge in [0.1, 0.15) is 0 Å². The Morgan fingerprint density at radius 2 is 1.11 bits per heavy atom. The maximum Gasteiger partial charge on any atom is 0.0197 e. The molecule has 112 valence electrons. The van der Waals surface area contributed by atoms with Gasteiger partial charge in [-0.25, -0.2) is 0 Å². The summed E-state index contributed by atoms with van der Waals surface area (Å²) in [6, 6.07) is 0.968. The van der Waals surface area contributed by atoms with E-state index in [0.717, 1.165) is 37.5 Å². The van der Waals surface area contributed by atoms with Gasteiger partial charge in [-0.05, 0) is 69.1 Å². The summed E-state index contributed by atoms with van der Waals surface area (Å²) < 4.78 is 0. The Hall–Kier alpha value is -0.160. The number of rotatable bonds is 4. The zero-order valence-corrected chi connectivity index (χ0v) is 12.1. The first kappa shape index (κ1) is 15.2. The Morgan fingerprint density at radius 3 is 1.42 bits per heavy atom. The second-order valence-corrected chi connectivity index (χ2v) is 6.83. The van der Waals surface area contributed by atoms with E-state index in [1.807, 2.05) is 0 Å². The molecule has 0 saturated heterocycles. The first-order valence-electron chi connectivity index (χ1n) is 8.08. The Labute approximate surface area is 117 Å². The van der Waals surface area contributed by atoms with Crippen LogP contribution in [0.15, 0.2) is 0 Å². The first-order chi connectivity index (χ1) is 9.11. The van der Waals surface area contributed by atoms with E-state index in [4.69, 9.17) is 22.9 Å². The second kappa shape index (κ2) is 7.02. The molecule has 1 unspecified atom stereocenters. The van der Waals surface area contributed by atoms with Gasteiger partial charge in [-0.15, -0.1) is 0 Å². The Morgan fingerprint density at radius 1 is 0.737 bits per heavy atom. The van der Waals surface area contributed by atoms with Crippen LogP contribution in [0.25, 0.3) is 0 Å². The summed E-state index contributed by atoms with van der Waals surface area (Å²) in [7, 11) is 0. The molecule has 0 aromatic carbocycles. The molecule has 0 aromatic heterocycles. The van der Waals surface area contributed by atoms with Crippen molar-refractivity contribution in [3.05, 3.63) is 0 Å². The molecular weight excluding hydrogens is 236 g/mol. The Bertz CT molecular complexity index is 233. The summed E-state index contributed by atoms with van der Waals surface area (Å²) in [5.74, 6) is 2.06. The van der Waals surface area contributed by atoms with Crippen LogP contribution in [0, 0.1) is 17.8 Å². The van der Waals surface area contributed by atoms with Crippen molar-refractivity contribution in [3.63, 3.8) is 0 Å². The van der Waals surface area contributed by atoms with E-state index >= 15 is 0 Å². The predicted octanol–water partition coefficient (Wildman–Crippen LogP) is 0.924. The van der Waals surface area contributed by atoms with Crippen molar-refractivity contribution in [2.75, 3.05) is 6.54 Å². The lowest BCUT2D eigenvalue weighted by Crippen LogP contribution is -2.47. The van der Waals surface area contributed by atoms with Gasteiger partial charge in [-0.2, -0.15) is 0 Å². The van der Waals surface area contributed by atoms with Crippen LogP contribution in [-0.4, -0.2) is 24.7 Å². The molecule has 0 heterocycles. The van der Waals surface area contributed by atoms with Crippen molar-refractivity contribution in [1.29, 1.82) is 0 Å². The average molecular weight is 268 g/mol. The summed E-state index contributed by atoms with van der Waals surface area (Å²) in [6.45, 7) is 0.607. The minimum atomic E-state index is 0.152. The van der Waals surface area contributed by atoms with Crippen LogP contribution in [0.4, 0.5) is 0 Å². The molecule has 0 aliphatic heterocycles. The Balaban J connectivity index is 1.99. The van der Waals surface area contributed by atoms with Crippen LogP contribution in [0.3, 0.4) is 0 Å². The molecule has 2 aliphatic carbocycles. The normalized spacial score (nSPS) is 39.8. The van der Waals surface area contributed by atoms with Gasteiger partial charge in [0.05, 0.1) is 0 Å². The molecule has 8 N–H and O–H groups in total. The van der Waals surface area contributed by atoms with Crippen molar-refractivity contribution in [3.8, 4) is 0 Å². The molecule has 2 aliphatic rings. The van der Waals surface area contributed by atoms with Crippen molar-refractivity contribution in [2.45, 2.75) is 69.5 Å². The van der Waals surface area contributed by atoms with Gasteiger partial charge >= 0.3 is 0 Å². The molecule has 4 nitrogen and oxygen atoms in total. The lowest BCUT2D eigenvalue weighted by atomic mass is 9.66. The lowest BCUT2D eigenvalue weighted by Gasteiger charge is -2.42. The second-order valence-electron chi connectivity index (χ2n) is 6.83. The van der Waals surface area contributed by atoms with E-state index in [1.54, 1.807) is 0 Å². The quantitative estimate of drug-likeness (QED) is 0.608. The highest BCUT2D eigenvalue weighted by atomic mass is 14.8. The van der Waals surface area contributed by atoms with Gasteiger partial charge in [-0.1, -0.05) is 0 Å². The molecular formula is C15H32N4. The van der Waals surface area contributed by atoms with Crippen LogP contribution in [0.5, 0.6) is 0 Å².